The standard InChI is InChI=1S/C39H32N4/c1-39(2,3)27-22-25-13-10-20-40-35(25)32(23-27)24-11-7-12-26(21-24)38-42-37-31(17-9-19-34(37)43(38)4)30-16-8-15-29-28-14-5-6-18-33(28)41-36(29)30/h5-23,41H,1-4H3. The predicted molar refractivity (Wildman–Crippen MR) is 180 cm³/mol. The zero-order valence-corrected chi connectivity index (χ0v) is 24.8. The summed E-state index contributed by atoms with van der Waals surface area (Å²) in [5, 5.41) is 3.63. The third-order valence-electron chi connectivity index (χ3n) is 8.75. The topological polar surface area (TPSA) is 46.5 Å². The van der Waals surface area contributed by atoms with E-state index in [1.807, 2.05) is 12.3 Å². The van der Waals surface area contributed by atoms with Gasteiger partial charge in [0.2, 0.25) is 0 Å². The molecule has 0 bridgehead atoms. The molecule has 4 heteroatoms. The molecule has 4 nitrogen and oxygen atoms in total. The number of imidazole rings is 1. The van der Waals surface area contributed by atoms with Gasteiger partial charge < -0.3 is 9.55 Å². The number of aromatic nitrogens is 4. The first-order valence-electron chi connectivity index (χ1n) is 14.8. The molecule has 0 aliphatic carbocycles. The van der Waals surface area contributed by atoms with Crippen LogP contribution in [0.1, 0.15) is 26.3 Å². The highest BCUT2D eigenvalue weighted by molar-refractivity contribution is 6.13. The molecule has 0 saturated carbocycles. The van der Waals surface area contributed by atoms with Gasteiger partial charge in [-0.2, -0.15) is 0 Å². The van der Waals surface area contributed by atoms with Crippen molar-refractivity contribution in [2.75, 3.05) is 0 Å². The molecule has 5 aromatic carbocycles. The summed E-state index contributed by atoms with van der Waals surface area (Å²) in [7, 11) is 2.11. The molecule has 0 fully saturated rings. The van der Waals surface area contributed by atoms with Crippen LogP contribution in [0.2, 0.25) is 0 Å². The van der Waals surface area contributed by atoms with Crippen LogP contribution < -0.4 is 0 Å². The molecule has 0 spiro atoms. The summed E-state index contributed by atoms with van der Waals surface area (Å²) in [6.45, 7) is 6.79. The monoisotopic (exact) mass is 556 g/mol. The molecular weight excluding hydrogens is 524 g/mol. The predicted octanol–water partition coefficient (Wildman–Crippen LogP) is 10.1. The number of fused-ring (bicyclic) bond motifs is 5. The van der Waals surface area contributed by atoms with Gasteiger partial charge in [0.15, 0.2) is 0 Å². The number of pyridine rings is 1. The molecule has 3 aromatic heterocycles. The van der Waals surface area contributed by atoms with E-state index in [1.54, 1.807) is 0 Å². The summed E-state index contributed by atoms with van der Waals surface area (Å²) in [5.74, 6) is 0.942. The van der Waals surface area contributed by atoms with Crippen molar-refractivity contribution in [3.05, 3.63) is 121 Å². The number of H-pyrrole nitrogens is 1. The Bertz CT molecular complexity index is 2350. The number of benzene rings is 5. The van der Waals surface area contributed by atoms with E-state index in [-0.39, 0.29) is 5.41 Å². The maximum atomic E-state index is 5.31. The van der Waals surface area contributed by atoms with Gasteiger partial charge in [-0.25, -0.2) is 4.98 Å². The second-order valence-corrected chi connectivity index (χ2v) is 12.5. The Hall–Kier alpha value is -5.22. The Labute approximate surface area is 250 Å². The van der Waals surface area contributed by atoms with Gasteiger partial charge in [-0.05, 0) is 52.9 Å². The fourth-order valence-electron chi connectivity index (χ4n) is 6.46. The summed E-state index contributed by atoms with van der Waals surface area (Å²) >= 11 is 0. The first kappa shape index (κ1) is 25.5. The molecule has 3 heterocycles. The SMILES string of the molecule is Cn1c(-c2cccc(-c3cc(C(C)(C)C)cc4cccnc34)c2)nc2c(-c3cccc4c3[nH]c3ccccc34)cccc21. The van der Waals surface area contributed by atoms with Crippen LogP contribution in [0.5, 0.6) is 0 Å². The Kier molecular flexibility index (Phi) is 5.57. The molecule has 0 radical (unpaired) electrons. The molecule has 43 heavy (non-hydrogen) atoms. The van der Waals surface area contributed by atoms with E-state index in [2.05, 4.69) is 140 Å². The summed E-state index contributed by atoms with van der Waals surface area (Å²) < 4.78 is 2.21. The maximum Gasteiger partial charge on any atom is 0.140 e. The van der Waals surface area contributed by atoms with Crippen molar-refractivity contribution in [1.82, 2.24) is 19.5 Å². The minimum atomic E-state index is 0.0258. The number of rotatable bonds is 3. The molecule has 0 aliphatic heterocycles. The molecular formula is C39H32N4. The lowest BCUT2D eigenvalue weighted by Gasteiger charge is -2.21. The highest BCUT2D eigenvalue weighted by Crippen LogP contribution is 2.39. The van der Waals surface area contributed by atoms with Crippen molar-refractivity contribution in [1.29, 1.82) is 0 Å². The largest absolute Gasteiger partial charge is 0.354 e. The molecule has 0 amide bonds. The molecule has 0 aliphatic rings. The van der Waals surface area contributed by atoms with Crippen LogP contribution in [0, 0.1) is 0 Å². The molecule has 8 rings (SSSR count). The number of nitrogens with one attached hydrogen (secondary N) is 1. The highest BCUT2D eigenvalue weighted by Gasteiger charge is 2.20. The van der Waals surface area contributed by atoms with Crippen molar-refractivity contribution >= 4 is 43.7 Å². The molecule has 0 unspecified atom stereocenters. The van der Waals surface area contributed by atoms with Gasteiger partial charge in [0.1, 0.15) is 5.82 Å². The number of para-hydroxylation sites is 3. The summed E-state index contributed by atoms with van der Waals surface area (Å²) in [4.78, 5) is 13.8. The van der Waals surface area contributed by atoms with Crippen molar-refractivity contribution in [2.24, 2.45) is 7.05 Å². The van der Waals surface area contributed by atoms with Crippen LogP contribution in [0.15, 0.2) is 115 Å². The summed E-state index contributed by atoms with van der Waals surface area (Å²) in [5.41, 5.74) is 12.4. The number of nitrogens with zero attached hydrogens (tertiary/aromatic N) is 3. The van der Waals surface area contributed by atoms with Crippen molar-refractivity contribution in [3.63, 3.8) is 0 Å². The van der Waals surface area contributed by atoms with Gasteiger partial charge in [0.25, 0.3) is 0 Å². The normalized spacial score (nSPS) is 12.2. The van der Waals surface area contributed by atoms with E-state index in [0.29, 0.717) is 0 Å². The molecule has 1 N–H and O–H groups in total. The highest BCUT2D eigenvalue weighted by atomic mass is 15.1. The second kappa shape index (κ2) is 9.40. The average molecular weight is 557 g/mol. The van der Waals surface area contributed by atoms with Crippen LogP contribution in [-0.2, 0) is 12.5 Å². The van der Waals surface area contributed by atoms with E-state index in [9.17, 15) is 0 Å². The number of aryl methyl sites for hydroxylation is 1. The van der Waals surface area contributed by atoms with Gasteiger partial charge in [0.05, 0.1) is 22.1 Å². The van der Waals surface area contributed by atoms with Crippen LogP contribution >= 0.6 is 0 Å². The molecule has 0 saturated heterocycles. The zero-order valence-electron chi connectivity index (χ0n) is 24.8. The third kappa shape index (κ3) is 4.05. The van der Waals surface area contributed by atoms with Gasteiger partial charge in [-0.1, -0.05) is 93.6 Å². The molecule has 0 atom stereocenters. The smallest absolute Gasteiger partial charge is 0.140 e. The van der Waals surface area contributed by atoms with E-state index in [4.69, 9.17) is 9.97 Å². The molecule has 8 aromatic rings. The Morgan fingerprint density at radius 1 is 0.651 bits per heavy atom. The van der Waals surface area contributed by atoms with Gasteiger partial charge in [0, 0.05) is 57.2 Å². The number of hydrogen-bond acceptors (Lipinski definition) is 2. The number of hydrogen-bond donors (Lipinski definition) is 1. The summed E-state index contributed by atoms with van der Waals surface area (Å²) in [6, 6.07) is 39.0. The van der Waals surface area contributed by atoms with Gasteiger partial charge >= 0.3 is 0 Å². The van der Waals surface area contributed by atoms with Gasteiger partial charge in [-0.3, -0.25) is 4.98 Å². The van der Waals surface area contributed by atoms with E-state index in [1.165, 1.54) is 16.3 Å². The van der Waals surface area contributed by atoms with Crippen molar-refractivity contribution in [3.8, 4) is 33.6 Å². The fraction of sp³-hybridized carbons (Fsp3) is 0.128. The number of aromatic amines is 1. The lowest BCUT2D eigenvalue weighted by atomic mass is 9.84. The van der Waals surface area contributed by atoms with Gasteiger partial charge in [-0.15, -0.1) is 0 Å². The average Bonchev–Trinajstić information content (AvgIpc) is 3.58. The molecule has 208 valence electrons. The second-order valence-electron chi connectivity index (χ2n) is 12.5. The lowest BCUT2D eigenvalue weighted by Crippen LogP contribution is -2.11. The van der Waals surface area contributed by atoms with Crippen molar-refractivity contribution < 1.29 is 0 Å². The van der Waals surface area contributed by atoms with E-state index in [0.717, 1.165) is 66.6 Å². The quantitative estimate of drug-likeness (QED) is 0.235. The van der Waals surface area contributed by atoms with Crippen LogP contribution in [-0.4, -0.2) is 19.5 Å². The van der Waals surface area contributed by atoms with Crippen LogP contribution in [0.4, 0.5) is 0 Å². The van der Waals surface area contributed by atoms with E-state index < -0.39 is 0 Å². The Balaban J connectivity index is 1.31. The zero-order chi connectivity index (χ0) is 29.3. The minimum absolute atomic E-state index is 0.0258. The van der Waals surface area contributed by atoms with Crippen LogP contribution in [0.25, 0.3) is 77.4 Å². The Morgan fingerprint density at radius 2 is 1.42 bits per heavy atom. The Morgan fingerprint density at radius 3 is 2.30 bits per heavy atom. The lowest BCUT2D eigenvalue weighted by molar-refractivity contribution is 0.591. The van der Waals surface area contributed by atoms with Crippen LogP contribution in [0.3, 0.4) is 0 Å². The summed E-state index contributed by atoms with van der Waals surface area (Å²) in [6.07, 6.45) is 1.88. The first-order chi connectivity index (χ1) is 20.9. The van der Waals surface area contributed by atoms with E-state index >= 15 is 0 Å². The van der Waals surface area contributed by atoms with Crippen molar-refractivity contribution in [2.45, 2.75) is 26.2 Å². The first-order valence-corrected chi connectivity index (χ1v) is 14.8. The minimum Gasteiger partial charge on any atom is -0.354 e. The third-order valence-corrected chi connectivity index (χ3v) is 8.75. The maximum absolute atomic E-state index is 5.31. The fourth-order valence-corrected chi connectivity index (χ4v) is 6.46.